The summed E-state index contributed by atoms with van der Waals surface area (Å²) in [4.78, 5) is 12.2. The van der Waals surface area contributed by atoms with Gasteiger partial charge in [-0.05, 0) is 31.9 Å². The van der Waals surface area contributed by atoms with Crippen LogP contribution in [0, 0.1) is 12.7 Å². The lowest BCUT2D eigenvalue weighted by Crippen LogP contribution is -2.25. The van der Waals surface area contributed by atoms with Crippen molar-refractivity contribution in [2.45, 2.75) is 26.3 Å². The second-order valence-electron chi connectivity index (χ2n) is 5.49. The summed E-state index contributed by atoms with van der Waals surface area (Å²) in [6.07, 6.45) is 3.40. The summed E-state index contributed by atoms with van der Waals surface area (Å²) in [6.45, 7) is 5.95. The molecule has 0 aliphatic carbocycles. The van der Waals surface area contributed by atoms with Crippen LogP contribution in [0.3, 0.4) is 0 Å². The number of hydrogen-bond acceptors (Lipinski definition) is 3. The molecule has 1 amide bonds. The molecule has 5 nitrogen and oxygen atoms in total. The number of ether oxygens (including phenoxy) is 1. The lowest BCUT2D eigenvalue weighted by Gasteiger charge is -2.11. The second kappa shape index (κ2) is 8.29. The molecule has 0 spiro atoms. The lowest BCUT2D eigenvalue weighted by atomic mass is 10.2. The molecule has 1 heterocycles. The first-order valence-electron chi connectivity index (χ1n) is 7.83. The third kappa shape index (κ3) is 4.44. The summed E-state index contributed by atoms with van der Waals surface area (Å²) in [5, 5.41) is 6.83. The van der Waals surface area contributed by atoms with Crippen LogP contribution < -0.4 is 10.1 Å². The van der Waals surface area contributed by atoms with Gasteiger partial charge in [0.15, 0.2) is 11.6 Å². The number of benzene rings is 1. The zero-order valence-electron chi connectivity index (χ0n) is 14.0. The largest absolute Gasteiger partial charge is 0.490 e. The van der Waals surface area contributed by atoms with Crippen LogP contribution in [0.15, 0.2) is 36.9 Å². The van der Waals surface area contributed by atoms with Gasteiger partial charge in [-0.2, -0.15) is 5.10 Å². The summed E-state index contributed by atoms with van der Waals surface area (Å²) in [7, 11) is 1.69. The number of nitrogens with one attached hydrogen (secondary N) is 1. The highest BCUT2D eigenvalue weighted by Crippen LogP contribution is 2.21. The predicted octanol–water partition coefficient (Wildman–Crippen LogP) is 3.14. The van der Waals surface area contributed by atoms with Gasteiger partial charge in [-0.15, -0.1) is 6.58 Å². The maximum absolute atomic E-state index is 14.4. The molecule has 128 valence electrons. The maximum atomic E-state index is 14.4. The first-order chi connectivity index (χ1) is 11.5. The zero-order chi connectivity index (χ0) is 17.5. The molecule has 0 bridgehead atoms. The molecule has 0 aliphatic heterocycles. The fraction of sp³-hybridized carbons (Fsp3) is 0.333. The number of halogens is 1. The van der Waals surface area contributed by atoms with Crippen LogP contribution in [0.2, 0.25) is 0 Å². The van der Waals surface area contributed by atoms with Crippen LogP contribution in [0.1, 0.15) is 34.6 Å². The van der Waals surface area contributed by atoms with Gasteiger partial charge in [-0.1, -0.05) is 18.2 Å². The number of nitrogens with zero attached hydrogens (tertiary/aromatic N) is 2. The Morgan fingerprint density at radius 1 is 1.50 bits per heavy atom. The Hall–Kier alpha value is -2.63. The molecule has 2 rings (SSSR count). The summed E-state index contributed by atoms with van der Waals surface area (Å²) >= 11 is 0. The van der Waals surface area contributed by atoms with E-state index in [1.165, 1.54) is 4.68 Å². The van der Waals surface area contributed by atoms with Crippen molar-refractivity contribution in [3.8, 4) is 5.75 Å². The second-order valence-corrected chi connectivity index (χ2v) is 5.49. The molecule has 0 radical (unpaired) electrons. The molecule has 1 aromatic carbocycles. The number of hydrogen-bond donors (Lipinski definition) is 1. The van der Waals surface area contributed by atoms with Crippen LogP contribution >= 0.6 is 0 Å². The van der Waals surface area contributed by atoms with Crippen molar-refractivity contribution in [2.75, 3.05) is 6.61 Å². The smallest absolute Gasteiger partial charge is 0.269 e. The molecule has 0 atom stereocenters. The van der Waals surface area contributed by atoms with Crippen molar-refractivity contribution < 1.29 is 13.9 Å². The van der Waals surface area contributed by atoms with Crippen LogP contribution in [0.4, 0.5) is 4.39 Å². The summed E-state index contributed by atoms with van der Waals surface area (Å²) in [6, 6.07) is 6.60. The Morgan fingerprint density at radius 3 is 2.96 bits per heavy atom. The quantitative estimate of drug-likeness (QED) is 0.597. The number of aromatic nitrogens is 2. The van der Waals surface area contributed by atoms with Crippen LogP contribution in [0.25, 0.3) is 0 Å². The normalized spacial score (nSPS) is 10.5. The zero-order valence-corrected chi connectivity index (χ0v) is 14.0. The Morgan fingerprint density at radius 2 is 2.29 bits per heavy atom. The minimum atomic E-state index is -0.447. The number of allylic oxidation sites excluding steroid dienone is 1. The topological polar surface area (TPSA) is 56.1 Å². The van der Waals surface area contributed by atoms with Crippen molar-refractivity contribution in [1.29, 1.82) is 0 Å². The van der Waals surface area contributed by atoms with Crippen molar-refractivity contribution in [2.24, 2.45) is 7.05 Å². The highest BCUT2D eigenvalue weighted by molar-refractivity contribution is 5.92. The molecule has 0 fully saturated rings. The molecule has 0 unspecified atom stereocenters. The van der Waals surface area contributed by atoms with Crippen LogP contribution in [-0.4, -0.2) is 22.3 Å². The molecule has 2 aromatic rings. The van der Waals surface area contributed by atoms with Crippen LogP contribution in [-0.2, 0) is 13.6 Å². The number of aryl methyl sites for hydroxylation is 2. The highest BCUT2D eigenvalue weighted by atomic mass is 19.1. The lowest BCUT2D eigenvalue weighted by molar-refractivity contribution is 0.0941. The maximum Gasteiger partial charge on any atom is 0.269 e. The minimum absolute atomic E-state index is 0.0821. The Bertz CT molecular complexity index is 725. The van der Waals surface area contributed by atoms with E-state index in [1.54, 1.807) is 37.4 Å². The summed E-state index contributed by atoms with van der Waals surface area (Å²) in [5.41, 5.74) is 1.57. The van der Waals surface area contributed by atoms with Gasteiger partial charge in [0.05, 0.1) is 12.3 Å². The van der Waals surface area contributed by atoms with E-state index in [2.05, 4.69) is 17.0 Å². The van der Waals surface area contributed by atoms with Crippen molar-refractivity contribution >= 4 is 5.91 Å². The van der Waals surface area contributed by atoms with Gasteiger partial charge in [-0.25, -0.2) is 4.39 Å². The van der Waals surface area contributed by atoms with Gasteiger partial charge in [0.2, 0.25) is 0 Å². The van der Waals surface area contributed by atoms with Crippen LogP contribution in [0.5, 0.6) is 5.75 Å². The van der Waals surface area contributed by atoms with Gasteiger partial charge >= 0.3 is 0 Å². The Balaban J connectivity index is 1.98. The molecule has 1 N–H and O–H groups in total. The average Bonchev–Trinajstić information content (AvgIpc) is 2.90. The number of carbonyl (C=O) groups excluding carboxylic acids is 1. The minimum Gasteiger partial charge on any atom is -0.490 e. The summed E-state index contributed by atoms with van der Waals surface area (Å²) < 4.78 is 21.3. The third-order valence-electron chi connectivity index (χ3n) is 3.53. The number of unbranched alkanes of at least 4 members (excludes halogenated alkanes) is 1. The van der Waals surface area contributed by atoms with E-state index in [0.717, 1.165) is 18.5 Å². The van der Waals surface area contributed by atoms with E-state index >= 15 is 0 Å². The van der Waals surface area contributed by atoms with E-state index in [4.69, 9.17) is 4.74 Å². The molecule has 6 heteroatoms. The van der Waals surface area contributed by atoms with E-state index in [0.29, 0.717) is 17.9 Å². The number of carbonyl (C=O) groups is 1. The number of rotatable bonds is 8. The molecular formula is C18H22FN3O2. The molecule has 0 saturated carbocycles. The Labute approximate surface area is 141 Å². The van der Waals surface area contributed by atoms with E-state index in [9.17, 15) is 9.18 Å². The average molecular weight is 331 g/mol. The number of amides is 1. The first-order valence-corrected chi connectivity index (χ1v) is 7.83. The predicted molar refractivity (Wildman–Crippen MR) is 90.4 cm³/mol. The summed E-state index contributed by atoms with van der Waals surface area (Å²) in [5.74, 6) is -0.547. The Kier molecular flexibility index (Phi) is 6.12. The van der Waals surface area contributed by atoms with E-state index in [1.807, 2.05) is 6.92 Å². The van der Waals surface area contributed by atoms with Crippen molar-refractivity contribution in [3.63, 3.8) is 0 Å². The third-order valence-corrected chi connectivity index (χ3v) is 3.53. The van der Waals surface area contributed by atoms with E-state index < -0.39 is 5.82 Å². The van der Waals surface area contributed by atoms with Crippen molar-refractivity contribution in [1.82, 2.24) is 15.1 Å². The van der Waals surface area contributed by atoms with Gasteiger partial charge < -0.3 is 10.1 Å². The van der Waals surface area contributed by atoms with Gasteiger partial charge in [0.25, 0.3) is 5.91 Å². The fourth-order valence-electron chi connectivity index (χ4n) is 2.30. The van der Waals surface area contributed by atoms with Gasteiger partial charge in [0.1, 0.15) is 5.69 Å². The molecule has 24 heavy (non-hydrogen) atoms. The monoisotopic (exact) mass is 331 g/mol. The molecular weight excluding hydrogens is 309 g/mol. The molecule has 0 saturated heterocycles. The first kappa shape index (κ1) is 17.7. The van der Waals surface area contributed by atoms with Gasteiger partial charge in [0, 0.05) is 19.2 Å². The molecule has 0 aliphatic rings. The van der Waals surface area contributed by atoms with Gasteiger partial charge in [-0.3, -0.25) is 9.48 Å². The standard InChI is InChI=1S/C18H22FN3O2/c1-4-5-6-10-24-16-9-7-8-14(17(16)19)12-20-18(23)15-11-13(2)21-22(15)3/h4,7-9,11H,1,5-6,10,12H2,2-3H3,(H,20,23). The van der Waals surface area contributed by atoms with Crippen molar-refractivity contribution in [3.05, 3.63) is 59.7 Å². The molecule has 1 aromatic heterocycles. The fourth-order valence-corrected chi connectivity index (χ4v) is 2.30. The SMILES string of the molecule is C=CCCCOc1cccc(CNC(=O)c2cc(C)nn2C)c1F. The highest BCUT2D eigenvalue weighted by Gasteiger charge is 2.14. The van der Waals surface area contributed by atoms with E-state index in [-0.39, 0.29) is 18.2 Å².